The zero-order valence-corrected chi connectivity index (χ0v) is 11.6. The Labute approximate surface area is 122 Å². The van der Waals surface area contributed by atoms with Crippen LogP contribution >= 0.6 is 0 Å². The van der Waals surface area contributed by atoms with Crippen molar-refractivity contribution >= 4 is 16.8 Å². The van der Waals surface area contributed by atoms with Crippen molar-refractivity contribution in [3.05, 3.63) is 65.6 Å². The quantitative estimate of drug-likeness (QED) is 0.798. The molecule has 0 unspecified atom stereocenters. The lowest BCUT2D eigenvalue weighted by Crippen LogP contribution is -2.24. The highest BCUT2D eigenvalue weighted by Crippen LogP contribution is 2.13. The first-order valence-corrected chi connectivity index (χ1v) is 6.63. The van der Waals surface area contributed by atoms with Crippen molar-refractivity contribution in [1.82, 2.24) is 20.5 Å². The maximum Gasteiger partial charge on any atom is 0.272 e. The largest absolute Gasteiger partial charge is 0.347 e. The SMILES string of the molecule is Cc1ccc2nnc(C(=O)NCc3ccncc3)cc2c1. The number of aryl methyl sites for hydroxylation is 1. The van der Waals surface area contributed by atoms with Gasteiger partial charge in [-0.15, -0.1) is 10.2 Å². The number of carbonyl (C=O) groups excluding carboxylic acids is 1. The fraction of sp³-hybridized carbons (Fsp3) is 0.125. The smallest absolute Gasteiger partial charge is 0.272 e. The van der Waals surface area contributed by atoms with Crippen molar-refractivity contribution in [1.29, 1.82) is 0 Å². The predicted octanol–water partition coefficient (Wildman–Crippen LogP) is 2.26. The maximum atomic E-state index is 12.1. The first-order valence-electron chi connectivity index (χ1n) is 6.63. The van der Waals surface area contributed by atoms with E-state index in [1.165, 1.54) is 0 Å². The van der Waals surface area contributed by atoms with Gasteiger partial charge in [-0.1, -0.05) is 11.6 Å². The number of carbonyl (C=O) groups is 1. The molecule has 0 bridgehead atoms. The Morgan fingerprint density at radius 2 is 1.90 bits per heavy atom. The van der Waals surface area contributed by atoms with Crippen molar-refractivity contribution in [2.75, 3.05) is 0 Å². The van der Waals surface area contributed by atoms with Gasteiger partial charge in [0, 0.05) is 24.3 Å². The second-order valence-electron chi connectivity index (χ2n) is 4.83. The first-order chi connectivity index (χ1) is 10.2. The second kappa shape index (κ2) is 5.66. The molecule has 2 aromatic heterocycles. The van der Waals surface area contributed by atoms with Crippen LogP contribution in [0.4, 0.5) is 0 Å². The van der Waals surface area contributed by atoms with Gasteiger partial charge in [0.1, 0.15) is 0 Å². The predicted molar refractivity (Wildman–Crippen MR) is 79.7 cm³/mol. The molecule has 0 fully saturated rings. The third-order valence-corrected chi connectivity index (χ3v) is 3.18. The highest BCUT2D eigenvalue weighted by atomic mass is 16.1. The fourth-order valence-electron chi connectivity index (χ4n) is 2.05. The number of nitrogens with one attached hydrogen (secondary N) is 1. The van der Waals surface area contributed by atoms with Crippen LogP contribution in [0.15, 0.2) is 48.8 Å². The molecule has 1 amide bonds. The van der Waals surface area contributed by atoms with Gasteiger partial charge < -0.3 is 5.32 Å². The number of hydrogen-bond acceptors (Lipinski definition) is 4. The third kappa shape index (κ3) is 3.02. The number of aromatic nitrogens is 3. The molecule has 5 heteroatoms. The Hall–Kier alpha value is -2.82. The summed E-state index contributed by atoms with van der Waals surface area (Å²) in [6, 6.07) is 11.3. The van der Waals surface area contributed by atoms with Crippen molar-refractivity contribution in [3.63, 3.8) is 0 Å². The number of pyridine rings is 1. The zero-order valence-electron chi connectivity index (χ0n) is 11.6. The minimum Gasteiger partial charge on any atom is -0.347 e. The summed E-state index contributed by atoms with van der Waals surface area (Å²) in [4.78, 5) is 16.1. The van der Waals surface area contributed by atoms with Crippen molar-refractivity contribution < 1.29 is 4.79 Å². The molecule has 104 valence electrons. The first kappa shape index (κ1) is 13.2. The van der Waals surface area contributed by atoms with E-state index in [2.05, 4.69) is 20.5 Å². The molecule has 1 aromatic carbocycles. The number of hydrogen-bond donors (Lipinski definition) is 1. The molecule has 0 aliphatic heterocycles. The van der Waals surface area contributed by atoms with E-state index in [-0.39, 0.29) is 5.91 Å². The molecular formula is C16H14N4O. The van der Waals surface area contributed by atoms with Crippen LogP contribution in [-0.4, -0.2) is 21.1 Å². The molecule has 0 aliphatic rings. The Morgan fingerprint density at radius 3 is 2.71 bits per heavy atom. The Balaban J connectivity index is 1.78. The normalized spacial score (nSPS) is 10.5. The van der Waals surface area contributed by atoms with Crippen molar-refractivity contribution in [2.24, 2.45) is 0 Å². The molecule has 3 rings (SSSR count). The van der Waals surface area contributed by atoms with Gasteiger partial charge in [-0.25, -0.2) is 0 Å². The molecule has 5 nitrogen and oxygen atoms in total. The van der Waals surface area contributed by atoms with E-state index in [1.807, 2.05) is 37.3 Å². The molecule has 0 atom stereocenters. The monoisotopic (exact) mass is 278 g/mol. The Kier molecular flexibility index (Phi) is 3.55. The second-order valence-corrected chi connectivity index (χ2v) is 4.83. The van der Waals surface area contributed by atoms with E-state index in [4.69, 9.17) is 0 Å². The van der Waals surface area contributed by atoms with Gasteiger partial charge in [-0.3, -0.25) is 9.78 Å². The van der Waals surface area contributed by atoms with Crippen LogP contribution in [-0.2, 0) is 6.54 Å². The summed E-state index contributed by atoms with van der Waals surface area (Å²) < 4.78 is 0. The lowest BCUT2D eigenvalue weighted by molar-refractivity contribution is 0.0945. The van der Waals surface area contributed by atoms with Crippen molar-refractivity contribution in [3.8, 4) is 0 Å². The fourth-order valence-corrected chi connectivity index (χ4v) is 2.05. The highest BCUT2D eigenvalue weighted by molar-refractivity contribution is 5.95. The van der Waals surface area contributed by atoms with E-state index in [9.17, 15) is 4.79 Å². The summed E-state index contributed by atoms with van der Waals surface area (Å²) in [6.07, 6.45) is 3.39. The van der Waals surface area contributed by atoms with Crippen LogP contribution in [0.25, 0.3) is 10.9 Å². The average molecular weight is 278 g/mol. The highest BCUT2D eigenvalue weighted by Gasteiger charge is 2.09. The molecule has 21 heavy (non-hydrogen) atoms. The van der Waals surface area contributed by atoms with Crippen LogP contribution in [0, 0.1) is 6.92 Å². The Morgan fingerprint density at radius 1 is 1.10 bits per heavy atom. The standard InChI is InChI=1S/C16H14N4O/c1-11-2-3-14-13(8-11)9-15(20-19-14)16(21)18-10-12-4-6-17-7-5-12/h2-9H,10H2,1H3,(H,18,21). The summed E-state index contributed by atoms with van der Waals surface area (Å²) in [5.41, 5.74) is 3.22. The molecule has 2 heterocycles. The molecule has 0 saturated carbocycles. The molecule has 3 aromatic rings. The van der Waals surface area contributed by atoms with E-state index in [0.29, 0.717) is 12.2 Å². The summed E-state index contributed by atoms with van der Waals surface area (Å²) in [5.74, 6) is -0.234. The van der Waals surface area contributed by atoms with E-state index in [0.717, 1.165) is 22.0 Å². The number of fused-ring (bicyclic) bond motifs is 1. The summed E-state index contributed by atoms with van der Waals surface area (Å²) in [5, 5.41) is 11.8. The number of rotatable bonds is 3. The minimum absolute atomic E-state index is 0.234. The molecule has 0 aliphatic carbocycles. The van der Waals surface area contributed by atoms with Gasteiger partial charge in [0.05, 0.1) is 5.52 Å². The van der Waals surface area contributed by atoms with E-state index >= 15 is 0 Å². The van der Waals surface area contributed by atoms with Gasteiger partial charge in [0.15, 0.2) is 5.69 Å². The van der Waals surface area contributed by atoms with Crippen molar-refractivity contribution in [2.45, 2.75) is 13.5 Å². The van der Waals surface area contributed by atoms with Crippen LogP contribution in [0.3, 0.4) is 0 Å². The molecule has 0 radical (unpaired) electrons. The minimum atomic E-state index is -0.234. The lowest BCUT2D eigenvalue weighted by atomic mass is 10.1. The molecular weight excluding hydrogens is 264 g/mol. The molecule has 1 N–H and O–H groups in total. The van der Waals surface area contributed by atoms with Gasteiger partial charge in [-0.2, -0.15) is 0 Å². The van der Waals surface area contributed by atoms with Crippen LogP contribution < -0.4 is 5.32 Å². The Bertz CT molecular complexity index is 787. The molecule has 0 saturated heterocycles. The third-order valence-electron chi connectivity index (χ3n) is 3.18. The van der Waals surface area contributed by atoms with Gasteiger partial charge >= 0.3 is 0 Å². The number of amides is 1. The zero-order chi connectivity index (χ0) is 14.7. The van der Waals surface area contributed by atoms with Crippen LogP contribution in [0.5, 0.6) is 0 Å². The summed E-state index contributed by atoms with van der Waals surface area (Å²) >= 11 is 0. The average Bonchev–Trinajstić information content (AvgIpc) is 2.53. The summed E-state index contributed by atoms with van der Waals surface area (Å²) in [7, 11) is 0. The van der Waals surface area contributed by atoms with E-state index in [1.54, 1.807) is 18.5 Å². The topological polar surface area (TPSA) is 67.8 Å². The van der Waals surface area contributed by atoms with Crippen LogP contribution in [0.1, 0.15) is 21.6 Å². The van der Waals surface area contributed by atoms with Crippen LogP contribution in [0.2, 0.25) is 0 Å². The van der Waals surface area contributed by atoms with Gasteiger partial charge in [-0.05, 0) is 42.8 Å². The lowest BCUT2D eigenvalue weighted by Gasteiger charge is -2.05. The number of nitrogens with zero attached hydrogens (tertiary/aromatic N) is 3. The van der Waals surface area contributed by atoms with Gasteiger partial charge in [0.2, 0.25) is 0 Å². The van der Waals surface area contributed by atoms with Gasteiger partial charge in [0.25, 0.3) is 5.91 Å². The number of benzene rings is 1. The maximum absolute atomic E-state index is 12.1. The molecule has 0 spiro atoms. The summed E-state index contributed by atoms with van der Waals surface area (Å²) in [6.45, 7) is 2.44. The van der Waals surface area contributed by atoms with E-state index < -0.39 is 0 Å².